The zero-order chi connectivity index (χ0) is 14.4. The molecule has 3 N–H and O–H groups in total. The van der Waals surface area contributed by atoms with Crippen molar-refractivity contribution in [2.75, 3.05) is 30.3 Å². The first-order valence-corrected chi connectivity index (χ1v) is 7.27. The molecule has 0 spiro atoms. The van der Waals surface area contributed by atoms with Gasteiger partial charge in [0.15, 0.2) is 0 Å². The topological polar surface area (TPSA) is 78.9 Å². The van der Waals surface area contributed by atoms with E-state index >= 15 is 0 Å². The molecule has 1 aliphatic rings. The van der Waals surface area contributed by atoms with E-state index in [0.29, 0.717) is 31.4 Å². The lowest BCUT2D eigenvalue weighted by atomic mass is 10.3. The highest BCUT2D eigenvalue weighted by Gasteiger charge is 2.23. The van der Waals surface area contributed by atoms with Crippen molar-refractivity contribution < 1.29 is 4.79 Å². The molecule has 1 amide bonds. The van der Waals surface area contributed by atoms with E-state index in [-0.39, 0.29) is 5.91 Å². The second-order valence-corrected chi connectivity index (χ2v) is 5.17. The molecule has 1 aromatic rings. The Morgan fingerprint density at radius 2 is 2.10 bits per heavy atom. The van der Waals surface area contributed by atoms with Gasteiger partial charge in [-0.2, -0.15) is 4.98 Å². The van der Waals surface area contributed by atoms with Crippen molar-refractivity contribution >= 4 is 17.7 Å². The Morgan fingerprint density at radius 1 is 1.30 bits per heavy atom. The van der Waals surface area contributed by atoms with E-state index in [1.54, 1.807) is 0 Å². The first-order valence-electron chi connectivity index (χ1n) is 7.27. The third-order valence-electron chi connectivity index (χ3n) is 3.11. The second kappa shape index (κ2) is 7.07. The summed E-state index contributed by atoms with van der Waals surface area (Å²) in [5.74, 6) is 2.20. The SMILES string of the molecule is CCNc1nc(C)cc(NCCNC(=O)CC2CC2)n1. The average molecular weight is 277 g/mol. The van der Waals surface area contributed by atoms with Gasteiger partial charge in [-0.05, 0) is 32.6 Å². The summed E-state index contributed by atoms with van der Waals surface area (Å²) < 4.78 is 0. The Morgan fingerprint density at radius 3 is 2.80 bits per heavy atom. The van der Waals surface area contributed by atoms with Gasteiger partial charge in [0.25, 0.3) is 0 Å². The lowest BCUT2D eigenvalue weighted by Crippen LogP contribution is -2.29. The third kappa shape index (κ3) is 5.03. The van der Waals surface area contributed by atoms with Crippen molar-refractivity contribution in [1.82, 2.24) is 15.3 Å². The molecule has 110 valence electrons. The fraction of sp³-hybridized carbons (Fsp3) is 0.643. The highest BCUT2D eigenvalue weighted by Crippen LogP contribution is 2.31. The number of carbonyl (C=O) groups excluding carboxylic acids is 1. The molecule has 0 atom stereocenters. The van der Waals surface area contributed by atoms with Gasteiger partial charge in [-0.1, -0.05) is 0 Å². The Kier molecular flexibility index (Phi) is 5.15. The summed E-state index contributed by atoms with van der Waals surface area (Å²) in [6.07, 6.45) is 3.09. The third-order valence-corrected chi connectivity index (χ3v) is 3.11. The van der Waals surface area contributed by atoms with Crippen LogP contribution in [0.3, 0.4) is 0 Å². The molecule has 20 heavy (non-hydrogen) atoms. The van der Waals surface area contributed by atoms with Crippen LogP contribution in [0.2, 0.25) is 0 Å². The fourth-order valence-corrected chi connectivity index (χ4v) is 1.95. The standard InChI is InChI=1S/C14H23N5O/c1-3-15-14-18-10(2)8-12(19-14)16-6-7-17-13(20)9-11-4-5-11/h8,11H,3-7,9H2,1-2H3,(H,17,20)(H2,15,16,18,19). The molecule has 1 aliphatic carbocycles. The van der Waals surface area contributed by atoms with Gasteiger partial charge >= 0.3 is 0 Å². The number of amides is 1. The van der Waals surface area contributed by atoms with Gasteiger partial charge in [-0.15, -0.1) is 0 Å². The number of nitrogens with one attached hydrogen (secondary N) is 3. The monoisotopic (exact) mass is 277 g/mol. The Hall–Kier alpha value is -1.85. The maximum atomic E-state index is 11.5. The first-order chi connectivity index (χ1) is 9.67. The molecule has 1 saturated carbocycles. The van der Waals surface area contributed by atoms with Crippen LogP contribution in [-0.2, 0) is 4.79 Å². The molecule has 0 aliphatic heterocycles. The van der Waals surface area contributed by atoms with Crippen molar-refractivity contribution in [2.45, 2.75) is 33.1 Å². The first kappa shape index (κ1) is 14.6. The molecular formula is C14H23N5O. The highest BCUT2D eigenvalue weighted by atomic mass is 16.1. The Balaban J connectivity index is 1.71. The summed E-state index contributed by atoms with van der Waals surface area (Å²) in [4.78, 5) is 20.2. The smallest absolute Gasteiger partial charge is 0.224 e. The largest absolute Gasteiger partial charge is 0.368 e. The van der Waals surface area contributed by atoms with Crippen LogP contribution < -0.4 is 16.0 Å². The molecule has 0 saturated heterocycles. The minimum Gasteiger partial charge on any atom is -0.368 e. The molecule has 0 bridgehead atoms. The summed E-state index contributed by atoms with van der Waals surface area (Å²) in [6.45, 7) is 6.02. The van der Waals surface area contributed by atoms with Gasteiger partial charge < -0.3 is 16.0 Å². The van der Waals surface area contributed by atoms with Crippen LogP contribution in [0.1, 0.15) is 31.9 Å². The number of anilines is 2. The molecular weight excluding hydrogens is 254 g/mol. The average Bonchev–Trinajstić information content (AvgIpc) is 3.18. The molecule has 1 heterocycles. The maximum Gasteiger partial charge on any atom is 0.224 e. The van der Waals surface area contributed by atoms with Crippen LogP contribution in [0, 0.1) is 12.8 Å². The molecule has 0 unspecified atom stereocenters. The number of nitrogens with zero attached hydrogens (tertiary/aromatic N) is 2. The van der Waals surface area contributed by atoms with Crippen LogP contribution in [0.25, 0.3) is 0 Å². The lowest BCUT2D eigenvalue weighted by Gasteiger charge is -2.09. The number of hydrogen-bond acceptors (Lipinski definition) is 5. The van der Waals surface area contributed by atoms with Gasteiger partial charge in [0.1, 0.15) is 5.82 Å². The van der Waals surface area contributed by atoms with Crippen LogP contribution >= 0.6 is 0 Å². The molecule has 0 aromatic carbocycles. The zero-order valence-corrected chi connectivity index (χ0v) is 12.2. The van der Waals surface area contributed by atoms with E-state index in [9.17, 15) is 4.79 Å². The van der Waals surface area contributed by atoms with Crippen molar-refractivity contribution in [3.05, 3.63) is 11.8 Å². The summed E-state index contributed by atoms with van der Waals surface area (Å²) in [7, 11) is 0. The fourth-order valence-electron chi connectivity index (χ4n) is 1.95. The van der Waals surface area contributed by atoms with Gasteiger partial charge in [-0.3, -0.25) is 4.79 Å². The summed E-state index contributed by atoms with van der Waals surface area (Å²) >= 11 is 0. The zero-order valence-electron chi connectivity index (χ0n) is 12.2. The Labute approximate surface area is 119 Å². The summed E-state index contributed by atoms with van der Waals surface area (Å²) in [5.41, 5.74) is 0.913. The second-order valence-electron chi connectivity index (χ2n) is 5.17. The minimum atomic E-state index is 0.154. The van der Waals surface area contributed by atoms with Crippen molar-refractivity contribution in [1.29, 1.82) is 0 Å². The van der Waals surface area contributed by atoms with E-state index in [4.69, 9.17) is 0 Å². The quantitative estimate of drug-likeness (QED) is 0.628. The van der Waals surface area contributed by atoms with E-state index < -0.39 is 0 Å². The van der Waals surface area contributed by atoms with E-state index in [0.717, 1.165) is 18.1 Å². The van der Waals surface area contributed by atoms with Gasteiger partial charge in [0.05, 0.1) is 0 Å². The number of rotatable bonds is 8. The summed E-state index contributed by atoms with van der Waals surface area (Å²) in [6, 6.07) is 1.90. The van der Waals surface area contributed by atoms with Crippen LogP contribution in [0.15, 0.2) is 6.07 Å². The minimum absolute atomic E-state index is 0.154. The Bertz CT molecular complexity index is 459. The molecule has 6 heteroatoms. The number of aryl methyl sites for hydroxylation is 1. The molecule has 6 nitrogen and oxygen atoms in total. The van der Waals surface area contributed by atoms with Crippen LogP contribution in [0.4, 0.5) is 11.8 Å². The van der Waals surface area contributed by atoms with Crippen molar-refractivity contribution in [2.24, 2.45) is 5.92 Å². The van der Waals surface area contributed by atoms with E-state index in [1.807, 2.05) is 19.9 Å². The van der Waals surface area contributed by atoms with Gasteiger partial charge in [0.2, 0.25) is 11.9 Å². The maximum absolute atomic E-state index is 11.5. The molecule has 1 aromatic heterocycles. The molecule has 0 radical (unpaired) electrons. The molecule has 1 fully saturated rings. The normalized spacial score (nSPS) is 13.9. The van der Waals surface area contributed by atoms with E-state index in [2.05, 4.69) is 25.9 Å². The van der Waals surface area contributed by atoms with Crippen molar-refractivity contribution in [3.8, 4) is 0 Å². The highest BCUT2D eigenvalue weighted by molar-refractivity contribution is 5.76. The number of carbonyl (C=O) groups is 1. The number of hydrogen-bond donors (Lipinski definition) is 3. The lowest BCUT2D eigenvalue weighted by molar-refractivity contribution is -0.121. The number of aromatic nitrogens is 2. The predicted molar refractivity (Wildman–Crippen MR) is 79.8 cm³/mol. The molecule has 2 rings (SSSR count). The summed E-state index contributed by atoms with van der Waals surface area (Å²) in [5, 5.41) is 9.21. The predicted octanol–water partition coefficient (Wildman–Crippen LogP) is 1.55. The van der Waals surface area contributed by atoms with Crippen molar-refractivity contribution in [3.63, 3.8) is 0 Å². The van der Waals surface area contributed by atoms with E-state index in [1.165, 1.54) is 12.8 Å². The van der Waals surface area contributed by atoms with Crippen LogP contribution in [-0.4, -0.2) is 35.5 Å². The van der Waals surface area contributed by atoms with Gasteiger partial charge in [-0.25, -0.2) is 4.98 Å². The van der Waals surface area contributed by atoms with Gasteiger partial charge in [0, 0.05) is 37.8 Å². The van der Waals surface area contributed by atoms with Crippen LogP contribution in [0.5, 0.6) is 0 Å².